The Morgan fingerprint density at radius 1 is 1.05 bits per heavy atom. The van der Waals surface area contributed by atoms with Crippen molar-refractivity contribution in [3.8, 4) is 0 Å². The number of carbonyl (C=O) groups excluding carboxylic acids is 2. The second kappa shape index (κ2) is 5.52. The average molecular weight is 289 g/mol. The number of halogens is 3. The lowest BCUT2D eigenvalue weighted by Gasteiger charge is -2.26. The van der Waals surface area contributed by atoms with Gasteiger partial charge in [-0.1, -0.05) is 18.2 Å². The van der Waals surface area contributed by atoms with Crippen LogP contribution in [0.2, 0.25) is 0 Å². The minimum absolute atomic E-state index is 0.0226. The number of rotatable bonds is 1. The predicted molar refractivity (Wildman–Crippen MR) is 66.2 cm³/mol. The van der Waals surface area contributed by atoms with E-state index in [1.165, 1.54) is 45.0 Å². The number of para-hydroxylation sites is 1. The number of anilines is 1. The average Bonchev–Trinajstić information content (AvgIpc) is 2.26. The van der Waals surface area contributed by atoms with Crippen LogP contribution in [0.4, 0.5) is 23.7 Å². The number of benzene rings is 1. The fourth-order valence-electron chi connectivity index (χ4n) is 1.32. The van der Waals surface area contributed by atoms with Gasteiger partial charge in [0.1, 0.15) is 5.60 Å². The van der Waals surface area contributed by atoms with Crippen LogP contribution >= 0.6 is 0 Å². The summed E-state index contributed by atoms with van der Waals surface area (Å²) >= 11 is 0. The topological polar surface area (TPSA) is 46.6 Å². The maximum Gasteiger partial charge on any atom is 0.472 e. The smallest absolute Gasteiger partial charge is 0.443 e. The highest BCUT2D eigenvalue weighted by Gasteiger charge is 2.46. The molecule has 7 heteroatoms. The van der Waals surface area contributed by atoms with Crippen LogP contribution in [-0.4, -0.2) is 23.8 Å². The van der Waals surface area contributed by atoms with E-state index in [1.54, 1.807) is 6.07 Å². The van der Waals surface area contributed by atoms with Gasteiger partial charge in [-0.05, 0) is 32.9 Å². The van der Waals surface area contributed by atoms with Crippen LogP contribution in [-0.2, 0) is 9.53 Å². The predicted octanol–water partition coefficient (Wildman–Crippen LogP) is 3.52. The molecule has 0 radical (unpaired) electrons. The molecule has 1 aromatic carbocycles. The molecule has 20 heavy (non-hydrogen) atoms. The fraction of sp³-hybridized carbons (Fsp3) is 0.385. The maximum atomic E-state index is 12.6. The van der Waals surface area contributed by atoms with Gasteiger partial charge in [-0.15, -0.1) is 0 Å². The third-order valence-corrected chi connectivity index (χ3v) is 2.04. The Kier molecular flexibility index (Phi) is 4.42. The number of nitrogens with zero attached hydrogens (tertiary/aromatic N) is 1. The van der Waals surface area contributed by atoms with E-state index in [0.717, 1.165) is 0 Å². The summed E-state index contributed by atoms with van der Waals surface area (Å²) in [6.07, 6.45) is -6.54. The quantitative estimate of drug-likeness (QED) is 0.794. The van der Waals surface area contributed by atoms with Crippen LogP contribution in [0, 0.1) is 0 Å². The van der Waals surface area contributed by atoms with Gasteiger partial charge in [-0.2, -0.15) is 13.2 Å². The number of alkyl halides is 3. The molecule has 0 saturated heterocycles. The molecule has 4 nitrogen and oxygen atoms in total. The molecule has 0 N–H and O–H groups in total. The van der Waals surface area contributed by atoms with Crippen molar-refractivity contribution in [3.05, 3.63) is 30.3 Å². The normalized spacial score (nSPS) is 11.9. The molecule has 0 heterocycles. The Balaban J connectivity index is 3.16. The summed E-state index contributed by atoms with van der Waals surface area (Å²) in [7, 11) is 0. The zero-order valence-electron chi connectivity index (χ0n) is 11.2. The van der Waals surface area contributed by atoms with Crippen molar-refractivity contribution >= 4 is 17.7 Å². The van der Waals surface area contributed by atoms with Gasteiger partial charge in [0.15, 0.2) is 0 Å². The van der Waals surface area contributed by atoms with Crippen LogP contribution in [0.15, 0.2) is 30.3 Å². The molecule has 1 rings (SSSR count). The Labute approximate surface area is 114 Å². The second-order valence-corrected chi connectivity index (χ2v) is 4.95. The number of hydrogen-bond donors (Lipinski definition) is 0. The number of carbonyl (C=O) groups is 2. The van der Waals surface area contributed by atoms with Crippen molar-refractivity contribution < 1.29 is 27.5 Å². The zero-order chi connectivity index (χ0) is 15.6. The molecule has 0 spiro atoms. The Bertz CT molecular complexity index is 492. The first-order valence-electron chi connectivity index (χ1n) is 5.71. The molecule has 0 atom stereocenters. The summed E-state index contributed by atoms with van der Waals surface area (Å²) in [6.45, 7) is 4.48. The molecular weight excluding hydrogens is 275 g/mol. The van der Waals surface area contributed by atoms with Crippen molar-refractivity contribution in [2.24, 2.45) is 0 Å². The van der Waals surface area contributed by atoms with Gasteiger partial charge < -0.3 is 4.74 Å². The number of amides is 2. The van der Waals surface area contributed by atoms with Gasteiger partial charge in [0.25, 0.3) is 0 Å². The van der Waals surface area contributed by atoms with E-state index >= 15 is 0 Å². The van der Waals surface area contributed by atoms with E-state index in [9.17, 15) is 22.8 Å². The van der Waals surface area contributed by atoms with Crippen LogP contribution < -0.4 is 4.90 Å². The fourth-order valence-corrected chi connectivity index (χ4v) is 1.32. The maximum absolute atomic E-state index is 12.6. The summed E-state index contributed by atoms with van der Waals surface area (Å²) in [5.74, 6) is -2.29. The van der Waals surface area contributed by atoms with Crippen LogP contribution in [0.25, 0.3) is 0 Å². The highest BCUT2D eigenvalue weighted by molar-refractivity contribution is 6.14. The van der Waals surface area contributed by atoms with Gasteiger partial charge in [0.05, 0.1) is 5.69 Å². The molecular formula is C13H14F3NO3. The van der Waals surface area contributed by atoms with E-state index in [-0.39, 0.29) is 10.6 Å². The molecule has 2 amide bonds. The van der Waals surface area contributed by atoms with E-state index in [1.807, 2.05) is 0 Å². The minimum atomic E-state index is -5.17. The summed E-state index contributed by atoms with van der Waals surface area (Å²) in [5.41, 5.74) is -1.22. The Morgan fingerprint density at radius 2 is 1.55 bits per heavy atom. The minimum Gasteiger partial charge on any atom is -0.443 e. The highest BCUT2D eigenvalue weighted by Crippen LogP contribution is 2.25. The lowest BCUT2D eigenvalue weighted by atomic mass is 10.2. The first-order chi connectivity index (χ1) is 9.02. The van der Waals surface area contributed by atoms with Gasteiger partial charge in [0.2, 0.25) is 0 Å². The van der Waals surface area contributed by atoms with E-state index in [2.05, 4.69) is 0 Å². The molecule has 0 bridgehead atoms. The first-order valence-corrected chi connectivity index (χ1v) is 5.71. The highest BCUT2D eigenvalue weighted by atomic mass is 19.4. The third-order valence-electron chi connectivity index (χ3n) is 2.04. The molecule has 0 aliphatic heterocycles. The molecule has 0 saturated carbocycles. The summed E-state index contributed by atoms with van der Waals surface area (Å²) < 4.78 is 42.6. The molecule has 0 aliphatic rings. The summed E-state index contributed by atoms with van der Waals surface area (Å²) in [6, 6.07) is 6.81. The van der Waals surface area contributed by atoms with Crippen molar-refractivity contribution in [1.82, 2.24) is 0 Å². The molecule has 1 aromatic rings. The lowest BCUT2D eigenvalue weighted by molar-refractivity contribution is -0.170. The zero-order valence-corrected chi connectivity index (χ0v) is 11.2. The van der Waals surface area contributed by atoms with E-state index in [0.29, 0.717) is 0 Å². The summed E-state index contributed by atoms with van der Waals surface area (Å²) in [5, 5.41) is 0. The third kappa shape index (κ3) is 4.25. The first kappa shape index (κ1) is 16.0. The second-order valence-electron chi connectivity index (χ2n) is 4.95. The Hall–Kier alpha value is -2.05. The molecule has 110 valence electrons. The van der Waals surface area contributed by atoms with Gasteiger partial charge in [0, 0.05) is 0 Å². The van der Waals surface area contributed by atoms with E-state index < -0.39 is 23.8 Å². The largest absolute Gasteiger partial charge is 0.472 e. The van der Waals surface area contributed by atoms with Crippen molar-refractivity contribution in [1.29, 1.82) is 0 Å². The number of imide groups is 1. The Morgan fingerprint density at radius 3 is 1.95 bits per heavy atom. The molecule has 0 fully saturated rings. The SMILES string of the molecule is CC(C)(C)OC(=O)N(C(=O)C(F)(F)F)c1ccccc1. The van der Waals surface area contributed by atoms with Gasteiger partial charge in [-0.3, -0.25) is 4.79 Å². The summed E-state index contributed by atoms with van der Waals surface area (Å²) in [4.78, 5) is 23.2. The van der Waals surface area contributed by atoms with Crippen LogP contribution in [0.5, 0.6) is 0 Å². The van der Waals surface area contributed by atoms with Crippen molar-refractivity contribution in [2.45, 2.75) is 32.5 Å². The monoisotopic (exact) mass is 289 g/mol. The van der Waals surface area contributed by atoms with Crippen molar-refractivity contribution in [3.63, 3.8) is 0 Å². The van der Waals surface area contributed by atoms with Crippen LogP contribution in [0.1, 0.15) is 20.8 Å². The number of ether oxygens (including phenoxy) is 1. The standard InChI is InChI=1S/C13H14F3NO3/c1-12(2,3)20-11(19)17(10(18)13(14,15)16)9-7-5-4-6-8-9/h4-8H,1-3H3. The molecule has 0 aliphatic carbocycles. The van der Waals surface area contributed by atoms with Gasteiger partial charge >= 0.3 is 18.2 Å². The molecule has 0 unspecified atom stereocenters. The number of hydrogen-bond acceptors (Lipinski definition) is 3. The van der Waals surface area contributed by atoms with Crippen LogP contribution in [0.3, 0.4) is 0 Å². The van der Waals surface area contributed by atoms with E-state index in [4.69, 9.17) is 4.74 Å². The molecule has 0 aromatic heterocycles. The lowest BCUT2D eigenvalue weighted by Crippen LogP contribution is -2.47. The van der Waals surface area contributed by atoms with Crippen molar-refractivity contribution in [2.75, 3.05) is 4.90 Å². The van der Waals surface area contributed by atoms with Gasteiger partial charge in [-0.25, -0.2) is 9.69 Å².